The van der Waals surface area contributed by atoms with E-state index in [9.17, 15) is 18.8 Å². The molecule has 1 heterocycles. The second-order valence-electron chi connectivity index (χ2n) is 10.7. The molecule has 2 bridgehead atoms. The summed E-state index contributed by atoms with van der Waals surface area (Å²) in [6, 6.07) is 26.4. The zero-order valence-electron chi connectivity index (χ0n) is 21.8. The molecule has 1 fully saturated rings. The smallest absolute Gasteiger partial charge is 0.271 e. The second-order valence-corrected chi connectivity index (χ2v) is 11.6. The van der Waals surface area contributed by atoms with E-state index < -0.39 is 29.0 Å². The van der Waals surface area contributed by atoms with E-state index in [0.29, 0.717) is 10.2 Å². The van der Waals surface area contributed by atoms with Crippen molar-refractivity contribution in [2.75, 3.05) is 4.90 Å². The fraction of sp³-hybridized carbons (Fsp3) is 0.152. The Kier molecular flexibility index (Phi) is 5.80. The molecule has 2 atom stereocenters. The summed E-state index contributed by atoms with van der Waals surface area (Å²) in [5, 5.41) is 4.40. The summed E-state index contributed by atoms with van der Waals surface area (Å²) in [6.45, 7) is 1.95. The lowest BCUT2D eigenvalue weighted by Crippen LogP contribution is -2.54. The standard InChI is InChI=1S/C33H23BrFN3O3/c1-18-10-15-26(25(34)16-18)38-31(40)28-27-21-6-2-4-8-23(21)33(29(28)32(38)41,24-9-5-3-7-22(24)27)17-36-37-30(39)19-11-13-20(35)14-12-19/h2-17,27-29H,1H3,(H,37,39)/b36-17+. The maximum absolute atomic E-state index is 14.5. The van der Waals surface area contributed by atoms with Crippen LogP contribution in [0, 0.1) is 24.6 Å². The van der Waals surface area contributed by atoms with Gasteiger partial charge in [-0.2, -0.15) is 5.10 Å². The Labute approximate surface area is 244 Å². The van der Waals surface area contributed by atoms with Crippen molar-refractivity contribution in [3.63, 3.8) is 0 Å². The molecule has 0 spiro atoms. The zero-order valence-corrected chi connectivity index (χ0v) is 23.4. The molecule has 2 unspecified atom stereocenters. The van der Waals surface area contributed by atoms with Gasteiger partial charge >= 0.3 is 0 Å². The van der Waals surface area contributed by atoms with Gasteiger partial charge in [0.2, 0.25) is 11.8 Å². The molecule has 0 aromatic heterocycles. The van der Waals surface area contributed by atoms with Crippen molar-refractivity contribution in [3.05, 3.63) is 135 Å². The van der Waals surface area contributed by atoms with Crippen LogP contribution in [0.1, 0.15) is 44.1 Å². The molecular weight excluding hydrogens is 585 g/mol. The van der Waals surface area contributed by atoms with Gasteiger partial charge in [-0.1, -0.05) is 54.6 Å². The highest BCUT2D eigenvalue weighted by molar-refractivity contribution is 9.10. The Balaban J connectivity index is 1.40. The Bertz CT molecular complexity index is 1750. The van der Waals surface area contributed by atoms with Gasteiger partial charge in [0.25, 0.3) is 5.91 Å². The molecule has 4 aromatic carbocycles. The van der Waals surface area contributed by atoms with Crippen molar-refractivity contribution in [1.29, 1.82) is 0 Å². The third kappa shape index (κ3) is 3.60. The number of amides is 3. The molecule has 202 valence electrons. The van der Waals surface area contributed by atoms with Gasteiger partial charge in [-0.05, 0) is 87.1 Å². The number of anilines is 1. The van der Waals surface area contributed by atoms with Crippen molar-refractivity contribution in [2.45, 2.75) is 18.3 Å². The van der Waals surface area contributed by atoms with Crippen LogP contribution in [-0.2, 0) is 15.0 Å². The molecule has 3 amide bonds. The van der Waals surface area contributed by atoms with Crippen molar-refractivity contribution in [2.24, 2.45) is 16.9 Å². The first kappa shape index (κ1) is 25.5. The number of nitrogens with one attached hydrogen (secondary N) is 1. The van der Waals surface area contributed by atoms with E-state index in [-0.39, 0.29) is 23.3 Å². The maximum Gasteiger partial charge on any atom is 0.271 e. The molecule has 1 N–H and O–H groups in total. The number of aryl methyl sites for hydroxylation is 1. The lowest BCUT2D eigenvalue weighted by molar-refractivity contribution is -0.122. The van der Waals surface area contributed by atoms with Crippen LogP contribution in [0.3, 0.4) is 0 Å². The molecule has 0 saturated carbocycles. The average molecular weight is 608 g/mol. The fourth-order valence-corrected chi connectivity index (χ4v) is 7.61. The van der Waals surface area contributed by atoms with E-state index in [1.54, 1.807) is 12.3 Å². The number of hydrazone groups is 1. The van der Waals surface area contributed by atoms with Gasteiger partial charge in [0.05, 0.1) is 22.9 Å². The van der Waals surface area contributed by atoms with Crippen molar-refractivity contribution >= 4 is 45.6 Å². The molecule has 4 aromatic rings. The lowest BCUT2D eigenvalue weighted by Gasteiger charge is -2.52. The molecule has 4 aliphatic rings. The summed E-state index contributed by atoms with van der Waals surface area (Å²) >= 11 is 3.57. The number of imide groups is 1. The molecule has 8 heteroatoms. The van der Waals surface area contributed by atoms with Crippen LogP contribution in [0.5, 0.6) is 0 Å². The highest BCUT2D eigenvalue weighted by Gasteiger charge is 2.68. The predicted molar refractivity (Wildman–Crippen MR) is 156 cm³/mol. The van der Waals surface area contributed by atoms with Gasteiger partial charge in [0, 0.05) is 22.2 Å². The Morgan fingerprint density at radius 1 is 0.927 bits per heavy atom. The summed E-state index contributed by atoms with van der Waals surface area (Å²) in [5.74, 6) is -3.26. The maximum atomic E-state index is 14.5. The zero-order chi connectivity index (χ0) is 28.5. The number of hydrogen-bond acceptors (Lipinski definition) is 4. The predicted octanol–water partition coefficient (Wildman–Crippen LogP) is 5.86. The van der Waals surface area contributed by atoms with Crippen LogP contribution in [0.15, 0.2) is 101 Å². The number of benzene rings is 4. The minimum Gasteiger partial charge on any atom is -0.274 e. The van der Waals surface area contributed by atoms with E-state index in [1.165, 1.54) is 29.2 Å². The lowest BCUT2D eigenvalue weighted by atomic mass is 9.47. The fourth-order valence-electron chi connectivity index (χ4n) is 6.94. The van der Waals surface area contributed by atoms with E-state index in [0.717, 1.165) is 27.8 Å². The Hall–Kier alpha value is -4.43. The Morgan fingerprint density at radius 2 is 1.56 bits per heavy atom. The van der Waals surface area contributed by atoms with E-state index in [2.05, 4.69) is 26.5 Å². The number of carbonyl (C=O) groups excluding carboxylic acids is 3. The van der Waals surface area contributed by atoms with Crippen LogP contribution in [0.4, 0.5) is 10.1 Å². The van der Waals surface area contributed by atoms with Gasteiger partial charge in [-0.15, -0.1) is 0 Å². The summed E-state index contributed by atoms with van der Waals surface area (Å²) in [4.78, 5) is 42.9. The van der Waals surface area contributed by atoms with E-state index in [1.807, 2.05) is 67.6 Å². The normalized spacial score (nSPS) is 23.9. The van der Waals surface area contributed by atoms with Crippen molar-refractivity contribution in [3.8, 4) is 0 Å². The number of hydrogen-bond donors (Lipinski definition) is 1. The van der Waals surface area contributed by atoms with Gasteiger partial charge in [-0.3, -0.25) is 14.4 Å². The summed E-state index contributed by atoms with van der Waals surface area (Å²) in [5.41, 5.74) is 6.90. The van der Waals surface area contributed by atoms with Crippen LogP contribution in [0.2, 0.25) is 0 Å². The number of nitrogens with zero attached hydrogens (tertiary/aromatic N) is 2. The SMILES string of the molecule is Cc1ccc(N2C(=O)C3C4c5ccccc5C(/C=N/NC(=O)c5ccc(F)cc5)(c5ccccc54)C3C2=O)c(Br)c1. The quantitative estimate of drug-likeness (QED) is 0.179. The number of rotatable bonds is 4. The minimum absolute atomic E-state index is 0.245. The molecule has 8 rings (SSSR count). The first-order valence-corrected chi connectivity index (χ1v) is 14.0. The van der Waals surface area contributed by atoms with E-state index in [4.69, 9.17) is 0 Å². The van der Waals surface area contributed by atoms with Gasteiger partial charge in [-0.25, -0.2) is 14.7 Å². The molecule has 3 aliphatic carbocycles. The number of halogens is 2. The number of carbonyl (C=O) groups is 3. The average Bonchev–Trinajstić information content (AvgIpc) is 3.24. The van der Waals surface area contributed by atoms with Gasteiger partial charge < -0.3 is 0 Å². The molecule has 1 aliphatic heterocycles. The molecule has 6 nitrogen and oxygen atoms in total. The van der Waals surface area contributed by atoms with Crippen molar-refractivity contribution < 1.29 is 18.8 Å². The van der Waals surface area contributed by atoms with Crippen LogP contribution >= 0.6 is 15.9 Å². The topological polar surface area (TPSA) is 78.8 Å². The largest absolute Gasteiger partial charge is 0.274 e. The summed E-state index contributed by atoms with van der Waals surface area (Å²) in [7, 11) is 0. The molecule has 41 heavy (non-hydrogen) atoms. The first-order chi connectivity index (χ1) is 19.8. The third-order valence-electron chi connectivity index (χ3n) is 8.57. The first-order valence-electron chi connectivity index (χ1n) is 13.3. The van der Waals surface area contributed by atoms with Crippen molar-refractivity contribution in [1.82, 2.24) is 5.43 Å². The molecular formula is C33H23BrFN3O3. The van der Waals surface area contributed by atoms with Crippen LogP contribution in [-0.4, -0.2) is 23.9 Å². The van der Waals surface area contributed by atoms with Gasteiger partial charge in [0.1, 0.15) is 5.82 Å². The molecule has 1 saturated heterocycles. The monoisotopic (exact) mass is 607 g/mol. The molecule has 0 radical (unpaired) electrons. The summed E-state index contributed by atoms with van der Waals surface area (Å²) < 4.78 is 14.1. The third-order valence-corrected chi connectivity index (χ3v) is 9.20. The van der Waals surface area contributed by atoms with Gasteiger partial charge in [0.15, 0.2) is 0 Å². The van der Waals surface area contributed by atoms with E-state index >= 15 is 0 Å². The second kappa shape index (κ2) is 9.31. The Morgan fingerprint density at radius 3 is 2.20 bits per heavy atom. The minimum atomic E-state index is -1.11. The van der Waals surface area contributed by atoms with Crippen LogP contribution < -0.4 is 10.3 Å². The highest BCUT2D eigenvalue weighted by Crippen LogP contribution is 2.63. The highest BCUT2D eigenvalue weighted by atomic mass is 79.9. The van der Waals surface area contributed by atoms with Crippen LogP contribution in [0.25, 0.3) is 0 Å². The summed E-state index contributed by atoms with van der Waals surface area (Å²) in [6.07, 6.45) is 1.61.